The Bertz CT molecular complexity index is 862. The molecule has 4 aliphatic carbocycles. The molecule has 3 atom stereocenters. The number of benzene rings is 1. The molecule has 1 aromatic rings. The van der Waals surface area contributed by atoms with E-state index in [-0.39, 0.29) is 46.1 Å². The fraction of sp³-hybridized carbons (Fsp3) is 0.619. The van der Waals surface area contributed by atoms with Gasteiger partial charge in [0.05, 0.1) is 5.02 Å². The summed E-state index contributed by atoms with van der Waals surface area (Å²) >= 11 is 7.35. The zero-order valence-electron chi connectivity index (χ0n) is 16.5. The van der Waals surface area contributed by atoms with Crippen LogP contribution in [0.2, 0.25) is 5.02 Å². The summed E-state index contributed by atoms with van der Waals surface area (Å²) < 4.78 is 18.8. The first-order valence-corrected chi connectivity index (χ1v) is 11.9. The molecule has 2 amide bonds. The number of amides is 2. The second kappa shape index (κ2) is 7.88. The Morgan fingerprint density at radius 2 is 2.07 bits per heavy atom. The molecule has 2 unspecified atom stereocenters. The number of hydrogen-bond acceptors (Lipinski definition) is 5. The van der Waals surface area contributed by atoms with E-state index in [9.17, 15) is 14.0 Å². The maximum atomic E-state index is 13.5. The van der Waals surface area contributed by atoms with Crippen LogP contribution < -0.4 is 20.7 Å². The van der Waals surface area contributed by atoms with Gasteiger partial charge in [-0.2, -0.15) is 0 Å². The second-order valence-corrected chi connectivity index (χ2v) is 10.5. The summed E-state index contributed by atoms with van der Waals surface area (Å²) in [5.74, 6) is 1.67. The van der Waals surface area contributed by atoms with E-state index in [4.69, 9.17) is 16.3 Å². The lowest BCUT2D eigenvalue weighted by Gasteiger charge is -2.39. The molecule has 0 spiro atoms. The number of halogens is 2. The molecule has 3 N–H and O–H groups in total. The van der Waals surface area contributed by atoms with Crippen LogP contribution in [0, 0.1) is 17.7 Å². The monoisotopic (exact) mass is 453 g/mol. The Kier molecular flexibility index (Phi) is 5.35. The van der Waals surface area contributed by atoms with Gasteiger partial charge in [-0.05, 0) is 56.1 Å². The van der Waals surface area contributed by atoms with Crippen LogP contribution in [0.5, 0.6) is 5.75 Å². The summed E-state index contributed by atoms with van der Waals surface area (Å²) in [6.45, 7) is -0.185. The molecule has 1 aliphatic heterocycles. The van der Waals surface area contributed by atoms with Crippen molar-refractivity contribution < 1.29 is 18.7 Å². The molecule has 0 aromatic heterocycles. The summed E-state index contributed by atoms with van der Waals surface area (Å²) in [4.78, 5) is 25.0. The number of carbonyl (C=O) groups excluding carboxylic acids is 2. The predicted octanol–water partition coefficient (Wildman–Crippen LogP) is 2.45. The average molecular weight is 454 g/mol. The minimum atomic E-state index is -0.581. The van der Waals surface area contributed by atoms with Crippen molar-refractivity contribution in [3.05, 3.63) is 29.0 Å². The van der Waals surface area contributed by atoms with Crippen molar-refractivity contribution in [2.24, 2.45) is 11.8 Å². The molecule has 1 saturated heterocycles. The van der Waals surface area contributed by atoms with Gasteiger partial charge in [0.1, 0.15) is 16.9 Å². The number of thioether (sulfide) groups is 1. The Labute approximate surface area is 184 Å². The van der Waals surface area contributed by atoms with E-state index in [0.717, 1.165) is 37.0 Å². The third-order valence-corrected chi connectivity index (χ3v) is 8.26. The molecule has 5 aliphatic rings. The van der Waals surface area contributed by atoms with Crippen LogP contribution in [-0.4, -0.2) is 47.2 Å². The van der Waals surface area contributed by atoms with Crippen molar-refractivity contribution in [1.29, 1.82) is 0 Å². The summed E-state index contributed by atoms with van der Waals surface area (Å²) in [5, 5.41) is 9.58. The first-order chi connectivity index (χ1) is 14.4. The normalized spacial score (nSPS) is 34.3. The van der Waals surface area contributed by atoms with Crippen molar-refractivity contribution in [3.8, 4) is 5.75 Å². The van der Waals surface area contributed by atoms with E-state index in [0.29, 0.717) is 12.0 Å². The minimum absolute atomic E-state index is 0.0134. The third kappa shape index (κ3) is 4.14. The zero-order valence-corrected chi connectivity index (χ0v) is 18.0. The highest BCUT2D eigenvalue weighted by Gasteiger charge is 2.57. The van der Waals surface area contributed by atoms with Gasteiger partial charge in [-0.3, -0.25) is 14.9 Å². The van der Waals surface area contributed by atoms with Gasteiger partial charge in [-0.15, -0.1) is 11.8 Å². The molecule has 0 radical (unpaired) electrons. The van der Waals surface area contributed by atoms with Crippen LogP contribution in [0.4, 0.5) is 4.39 Å². The van der Waals surface area contributed by atoms with Crippen molar-refractivity contribution in [2.75, 3.05) is 12.4 Å². The maximum Gasteiger partial charge on any atom is 0.258 e. The van der Waals surface area contributed by atoms with Gasteiger partial charge in [0.25, 0.3) is 5.91 Å². The minimum Gasteiger partial charge on any atom is -0.484 e. The molecule has 5 fully saturated rings. The quantitative estimate of drug-likeness (QED) is 0.591. The van der Waals surface area contributed by atoms with E-state index >= 15 is 0 Å². The lowest BCUT2D eigenvalue weighted by molar-refractivity contribution is -0.126. The SMILES string of the molecule is O=C(COc1ccc(Cl)c(F)c1)NC12CC(C1)[C@@H](NC(=O)C1NC(C3CC3)CS1)C2. The Morgan fingerprint density at radius 1 is 1.27 bits per heavy atom. The van der Waals surface area contributed by atoms with Gasteiger partial charge in [-0.25, -0.2) is 4.39 Å². The summed E-state index contributed by atoms with van der Waals surface area (Å²) in [7, 11) is 0. The molecule has 30 heavy (non-hydrogen) atoms. The van der Waals surface area contributed by atoms with E-state index in [1.54, 1.807) is 11.8 Å². The van der Waals surface area contributed by atoms with Crippen molar-refractivity contribution in [2.45, 2.75) is 55.1 Å². The smallest absolute Gasteiger partial charge is 0.258 e. The van der Waals surface area contributed by atoms with Crippen molar-refractivity contribution in [1.82, 2.24) is 16.0 Å². The fourth-order valence-electron chi connectivity index (χ4n) is 5.02. The number of hydrogen-bond donors (Lipinski definition) is 3. The van der Waals surface area contributed by atoms with Gasteiger partial charge >= 0.3 is 0 Å². The first-order valence-electron chi connectivity index (χ1n) is 10.5. The average Bonchev–Trinajstić information content (AvgIpc) is 3.18. The molecule has 9 heteroatoms. The predicted molar refractivity (Wildman–Crippen MR) is 113 cm³/mol. The lowest BCUT2D eigenvalue weighted by Crippen LogP contribution is -2.53. The van der Waals surface area contributed by atoms with Crippen molar-refractivity contribution >= 4 is 35.2 Å². The number of carbonyl (C=O) groups is 2. The molecule has 4 saturated carbocycles. The van der Waals surface area contributed by atoms with E-state index in [2.05, 4.69) is 16.0 Å². The Hall–Kier alpha value is -1.51. The summed E-state index contributed by atoms with van der Waals surface area (Å²) in [5.41, 5.74) is -0.263. The highest BCUT2D eigenvalue weighted by molar-refractivity contribution is 8.00. The van der Waals surface area contributed by atoms with E-state index in [1.807, 2.05) is 0 Å². The van der Waals surface area contributed by atoms with Crippen LogP contribution in [0.15, 0.2) is 18.2 Å². The lowest BCUT2D eigenvalue weighted by atomic mass is 9.76. The largest absolute Gasteiger partial charge is 0.484 e. The van der Waals surface area contributed by atoms with E-state index < -0.39 is 5.82 Å². The fourth-order valence-corrected chi connectivity index (χ4v) is 6.40. The summed E-state index contributed by atoms with van der Waals surface area (Å²) in [6.07, 6.45) is 5.03. The van der Waals surface area contributed by atoms with E-state index in [1.165, 1.54) is 25.0 Å². The number of rotatable bonds is 7. The zero-order chi connectivity index (χ0) is 20.9. The highest BCUT2D eigenvalue weighted by Crippen LogP contribution is 2.52. The first kappa shape index (κ1) is 20.4. The van der Waals surface area contributed by atoms with Crippen LogP contribution in [0.25, 0.3) is 0 Å². The van der Waals surface area contributed by atoms with Crippen LogP contribution >= 0.6 is 23.4 Å². The summed E-state index contributed by atoms with van der Waals surface area (Å²) in [6, 6.07) is 4.67. The molecule has 6 rings (SSSR count). The van der Waals surface area contributed by atoms with Crippen LogP contribution in [0.3, 0.4) is 0 Å². The maximum absolute atomic E-state index is 13.5. The molecular weight excluding hydrogens is 429 g/mol. The van der Waals surface area contributed by atoms with Crippen LogP contribution in [-0.2, 0) is 9.59 Å². The van der Waals surface area contributed by atoms with Gasteiger partial charge < -0.3 is 15.4 Å². The molecule has 2 bridgehead atoms. The molecule has 1 heterocycles. The second-order valence-electron chi connectivity index (χ2n) is 9.00. The topological polar surface area (TPSA) is 79.5 Å². The standard InChI is InChI=1S/C21H25ClFN3O3S/c22-14-4-3-13(5-15(14)23)29-9-18(27)26-21-6-12(7-21)16(8-21)24-19(28)20-25-17(10-30-20)11-1-2-11/h3-5,11-12,16-17,20,25H,1-2,6-10H2,(H,24,28)(H,26,27)/t12?,16-,17?,20?,21?/m0/s1. The molecule has 1 aromatic carbocycles. The number of ether oxygens (including phenoxy) is 1. The van der Waals surface area contributed by atoms with Gasteiger partial charge in [0.2, 0.25) is 5.91 Å². The number of nitrogens with one attached hydrogen (secondary N) is 3. The Morgan fingerprint density at radius 3 is 2.80 bits per heavy atom. The number of fused-ring (bicyclic) bond motifs is 1. The molecule has 162 valence electrons. The Balaban J connectivity index is 1.08. The van der Waals surface area contributed by atoms with Gasteiger partial charge in [-0.1, -0.05) is 11.6 Å². The van der Waals surface area contributed by atoms with Crippen LogP contribution in [0.1, 0.15) is 32.1 Å². The molecular formula is C21H25ClFN3O3S. The van der Waals surface area contributed by atoms with Crippen molar-refractivity contribution in [3.63, 3.8) is 0 Å². The molecule has 6 nitrogen and oxygen atoms in total. The van der Waals surface area contributed by atoms with Gasteiger partial charge in [0, 0.05) is 29.4 Å². The third-order valence-electron chi connectivity index (χ3n) is 6.72. The highest BCUT2D eigenvalue weighted by atomic mass is 35.5. The van der Waals surface area contributed by atoms with Gasteiger partial charge in [0.15, 0.2) is 6.61 Å².